The summed E-state index contributed by atoms with van der Waals surface area (Å²) in [6.07, 6.45) is -4.01. The van der Waals surface area contributed by atoms with Crippen molar-refractivity contribution in [2.75, 3.05) is 13.2 Å². The highest BCUT2D eigenvalue weighted by atomic mass is 19.4. The summed E-state index contributed by atoms with van der Waals surface area (Å²) in [5, 5.41) is 0. The summed E-state index contributed by atoms with van der Waals surface area (Å²) in [4.78, 5) is 11.0. The molecule has 1 aromatic carbocycles. The Hall–Kier alpha value is -1.72. The highest BCUT2D eigenvalue weighted by Gasteiger charge is 2.33. The van der Waals surface area contributed by atoms with E-state index >= 15 is 0 Å². The van der Waals surface area contributed by atoms with E-state index in [4.69, 9.17) is 9.47 Å². The van der Waals surface area contributed by atoms with Gasteiger partial charge in [-0.05, 0) is 25.5 Å². The minimum absolute atomic E-state index is 0.0336. The van der Waals surface area contributed by atoms with Crippen molar-refractivity contribution in [1.82, 2.24) is 0 Å². The van der Waals surface area contributed by atoms with Gasteiger partial charge >= 0.3 is 12.1 Å². The van der Waals surface area contributed by atoms with Crippen LogP contribution >= 0.6 is 0 Å². The van der Waals surface area contributed by atoms with Crippen molar-refractivity contribution < 1.29 is 27.4 Å². The molecule has 0 N–H and O–H groups in total. The molecule has 0 saturated heterocycles. The van der Waals surface area contributed by atoms with Crippen molar-refractivity contribution in [2.24, 2.45) is 0 Å². The first-order chi connectivity index (χ1) is 8.95. The lowest BCUT2D eigenvalue weighted by atomic mass is 10.2. The fourth-order valence-electron chi connectivity index (χ4n) is 1.46. The Morgan fingerprint density at radius 2 is 1.95 bits per heavy atom. The molecule has 0 atom stereocenters. The number of alkyl halides is 3. The molecule has 3 nitrogen and oxygen atoms in total. The topological polar surface area (TPSA) is 35.5 Å². The van der Waals surface area contributed by atoms with Gasteiger partial charge in [-0.3, -0.25) is 4.79 Å². The monoisotopic (exact) mass is 276 g/mol. The summed E-state index contributed by atoms with van der Waals surface area (Å²) < 4.78 is 47.7. The van der Waals surface area contributed by atoms with Crippen molar-refractivity contribution in [3.05, 3.63) is 29.8 Å². The highest BCUT2D eigenvalue weighted by Crippen LogP contribution is 2.35. The standard InChI is InChI=1S/C13H15F3O3/c1-2-18-12(17)8-5-9-19-11-7-4-3-6-10(11)13(14,15)16/h3-4,6-7H,2,5,8-9H2,1H3. The van der Waals surface area contributed by atoms with E-state index in [1.54, 1.807) is 6.92 Å². The number of carbonyl (C=O) groups excluding carboxylic acids is 1. The molecule has 6 heteroatoms. The van der Waals surface area contributed by atoms with Crippen LogP contribution in [0.2, 0.25) is 0 Å². The van der Waals surface area contributed by atoms with E-state index in [1.165, 1.54) is 18.2 Å². The van der Waals surface area contributed by atoms with Crippen molar-refractivity contribution >= 4 is 5.97 Å². The zero-order valence-electron chi connectivity index (χ0n) is 10.5. The number of ether oxygens (including phenoxy) is 2. The van der Waals surface area contributed by atoms with Crippen LogP contribution in [0.5, 0.6) is 5.75 Å². The average Bonchev–Trinajstić information content (AvgIpc) is 2.34. The second kappa shape index (κ2) is 7.01. The lowest BCUT2D eigenvalue weighted by Gasteiger charge is -2.13. The third-order valence-electron chi connectivity index (χ3n) is 2.28. The van der Waals surface area contributed by atoms with E-state index in [9.17, 15) is 18.0 Å². The van der Waals surface area contributed by atoms with Gasteiger partial charge in [-0.1, -0.05) is 12.1 Å². The lowest BCUT2D eigenvalue weighted by molar-refractivity contribution is -0.143. The largest absolute Gasteiger partial charge is 0.493 e. The van der Waals surface area contributed by atoms with Crippen LogP contribution in [-0.2, 0) is 15.7 Å². The first-order valence-corrected chi connectivity index (χ1v) is 5.89. The third-order valence-corrected chi connectivity index (χ3v) is 2.28. The molecule has 0 aromatic heterocycles. The van der Waals surface area contributed by atoms with Gasteiger partial charge in [-0.15, -0.1) is 0 Å². The van der Waals surface area contributed by atoms with Crippen molar-refractivity contribution in [1.29, 1.82) is 0 Å². The molecule has 0 spiro atoms. The summed E-state index contributed by atoms with van der Waals surface area (Å²) in [5.74, 6) is -0.603. The predicted molar refractivity (Wildman–Crippen MR) is 62.8 cm³/mol. The first kappa shape index (κ1) is 15.3. The van der Waals surface area contributed by atoms with E-state index in [0.717, 1.165) is 6.07 Å². The molecule has 0 bridgehead atoms. The predicted octanol–water partition coefficient (Wildman–Crippen LogP) is 3.43. The van der Waals surface area contributed by atoms with Crippen LogP contribution in [0.15, 0.2) is 24.3 Å². The fraction of sp³-hybridized carbons (Fsp3) is 0.462. The molecule has 0 unspecified atom stereocenters. The van der Waals surface area contributed by atoms with Gasteiger partial charge in [0.05, 0.1) is 18.8 Å². The number of para-hydroxylation sites is 1. The SMILES string of the molecule is CCOC(=O)CCCOc1ccccc1C(F)(F)F. The van der Waals surface area contributed by atoms with Crippen LogP contribution in [-0.4, -0.2) is 19.2 Å². The summed E-state index contributed by atoms with van der Waals surface area (Å²) in [5.41, 5.74) is -0.814. The normalized spacial score (nSPS) is 11.2. The van der Waals surface area contributed by atoms with E-state index in [1.807, 2.05) is 0 Å². The number of carbonyl (C=O) groups is 1. The minimum atomic E-state index is -4.45. The van der Waals surface area contributed by atoms with Crippen LogP contribution in [0.4, 0.5) is 13.2 Å². The number of benzene rings is 1. The molecule has 0 fully saturated rings. The Morgan fingerprint density at radius 1 is 1.26 bits per heavy atom. The summed E-state index contributed by atoms with van der Waals surface area (Å²) in [6.45, 7) is 2.01. The van der Waals surface area contributed by atoms with Gasteiger partial charge in [0.15, 0.2) is 0 Å². The zero-order valence-corrected chi connectivity index (χ0v) is 10.5. The molecule has 0 aliphatic heterocycles. The molecule has 1 rings (SSSR count). The minimum Gasteiger partial charge on any atom is -0.493 e. The van der Waals surface area contributed by atoms with E-state index < -0.39 is 11.7 Å². The Bertz CT molecular complexity index is 416. The van der Waals surface area contributed by atoms with Gasteiger partial charge in [0.25, 0.3) is 0 Å². The van der Waals surface area contributed by atoms with E-state index in [-0.39, 0.29) is 31.4 Å². The van der Waals surface area contributed by atoms with Crippen molar-refractivity contribution in [3.63, 3.8) is 0 Å². The Labute approximate surface area is 109 Å². The van der Waals surface area contributed by atoms with Gasteiger partial charge in [0, 0.05) is 6.42 Å². The molecule has 0 aliphatic carbocycles. The maximum atomic E-state index is 12.6. The summed E-state index contributed by atoms with van der Waals surface area (Å²) in [6, 6.07) is 4.98. The second-order valence-electron chi connectivity index (χ2n) is 3.75. The van der Waals surface area contributed by atoms with E-state index in [0.29, 0.717) is 6.42 Å². The van der Waals surface area contributed by atoms with Crippen LogP contribution < -0.4 is 4.74 Å². The van der Waals surface area contributed by atoms with Crippen LogP contribution in [0, 0.1) is 0 Å². The van der Waals surface area contributed by atoms with Crippen LogP contribution in [0.1, 0.15) is 25.3 Å². The van der Waals surface area contributed by atoms with Gasteiger partial charge < -0.3 is 9.47 Å². The molecular formula is C13H15F3O3. The summed E-state index contributed by atoms with van der Waals surface area (Å²) in [7, 11) is 0. The molecule has 106 valence electrons. The lowest BCUT2D eigenvalue weighted by Crippen LogP contribution is -2.10. The number of hydrogen-bond acceptors (Lipinski definition) is 3. The van der Waals surface area contributed by atoms with Gasteiger partial charge in [0.1, 0.15) is 5.75 Å². The zero-order chi connectivity index (χ0) is 14.3. The maximum Gasteiger partial charge on any atom is 0.419 e. The van der Waals surface area contributed by atoms with Crippen LogP contribution in [0.3, 0.4) is 0 Å². The fourth-order valence-corrected chi connectivity index (χ4v) is 1.46. The Morgan fingerprint density at radius 3 is 2.58 bits per heavy atom. The van der Waals surface area contributed by atoms with E-state index in [2.05, 4.69) is 0 Å². The molecular weight excluding hydrogens is 261 g/mol. The molecule has 0 radical (unpaired) electrons. The first-order valence-electron chi connectivity index (χ1n) is 5.89. The Kier molecular flexibility index (Phi) is 5.66. The van der Waals surface area contributed by atoms with Crippen LogP contribution in [0.25, 0.3) is 0 Å². The second-order valence-corrected chi connectivity index (χ2v) is 3.75. The number of halogens is 3. The maximum absolute atomic E-state index is 12.6. The summed E-state index contributed by atoms with van der Waals surface area (Å²) >= 11 is 0. The third kappa shape index (κ3) is 5.19. The van der Waals surface area contributed by atoms with Gasteiger partial charge in [-0.2, -0.15) is 13.2 Å². The average molecular weight is 276 g/mol. The molecule has 0 amide bonds. The van der Waals surface area contributed by atoms with Gasteiger partial charge in [0.2, 0.25) is 0 Å². The molecule has 0 aliphatic rings. The molecule has 19 heavy (non-hydrogen) atoms. The molecule has 1 aromatic rings. The number of hydrogen-bond donors (Lipinski definition) is 0. The van der Waals surface area contributed by atoms with Gasteiger partial charge in [-0.25, -0.2) is 0 Å². The number of rotatable bonds is 6. The highest BCUT2D eigenvalue weighted by molar-refractivity contribution is 5.69. The Balaban J connectivity index is 2.48. The van der Waals surface area contributed by atoms with Crippen molar-refractivity contribution in [3.8, 4) is 5.75 Å². The molecule has 0 saturated carbocycles. The number of esters is 1. The quantitative estimate of drug-likeness (QED) is 0.590. The molecule has 0 heterocycles. The smallest absolute Gasteiger partial charge is 0.419 e. The van der Waals surface area contributed by atoms with Crippen molar-refractivity contribution in [2.45, 2.75) is 25.9 Å².